The number of aliphatic hydroxyl groups is 1. The van der Waals surface area contributed by atoms with Crippen molar-refractivity contribution in [1.82, 2.24) is 0 Å². The van der Waals surface area contributed by atoms with Gasteiger partial charge in [-0.3, -0.25) is 0 Å². The van der Waals surface area contributed by atoms with Gasteiger partial charge in [-0.15, -0.1) is 11.8 Å². The van der Waals surface area contributed by atoms with Gasteiger partial charge in [0.1, 0.15) is 0 Å². The summed E-state index contributed by atoms with van der Waals surface area (Å²) < 4.78 is 1.04. The van der Waals surface area contributed by atoms with Crippen LogP contribution in [-0.4, -0.2) is 16.5 Å². The standard InChI is InChI=1S/C12H18BrNOS/c1-7(14)10-4-5-12(11(13)6-10)16-9(3)8(2)15/h4-9,15H,14H2,1-3H3/t7-,8?,9?/m1/s1. The molecule has 2 unspecified atom stereocenters. The zero-order chi connectivity index (χ0) is 12.3. The zero-order valence-electron chi connectivity index (χ0n) is 9.77. The van der Waals surface area contributed by atoms with E-state index >= 15 is 0 Å². The number of aliphatic hydroxyl groups excluding tert-OH is 1. The summed E-state index contributed by atoms with van der Waals surface area (Å²) >= 11 is 5.20. The molecule has 3 atom stereocenters. The van der Waals surface area contributed by atoms with Crippen LogP contribution in [0.4, 0.5) is 0 Å². The smallest absolute Gasteiger partial charge is 0.0631 e. The van der Waals surface area contributed by atoms with Gasteiger partial charge in [0.15, 0.2) is 0 Å². The quantitative estimate of drug-likeness (QED) is 0.839. The third-order valence-electron chi connectivity index (χ3n) is 2.47. The molecule has 2 nitrogen and oxygen atoms in total. The lowest BCUT2D eigenvalue weighted by atomic mass is 10.1. The molecule has 0 amide bonds. The van der Waals surface area contributed by atoms with Crippen LogP contribution < -0.4 is 5.73 Å². The molecule has 0 aliphatic carbocycles. The predicted octanol–water partition coefficient (Wildman–Crippen LogP) is 3.33. The fourth-order valence-electron chi connectivity index (χ4n) is 1.19. The van der Waals surface area contributed by atoms with Crippen molar-refractivity contribution < 1.29 is 5.11 Å². The number of nitrogens with two attached hydrogens (primary N) is 1. The van der Waals surface area contributed by atoms with E-state index in [1.807, 2.05) is 39.0 Å². The first-order chi connectivity index (χ1) is 7.41. The van der Waals surface area contributed by atoms with Crippen molar-refractivity contribution in [3.8, 4) is 0 Å². The van der Waals surface area contributed by atoms with Crippen molar-refractivity contribution in [3.05, 3.63) is 28.2 Å². The molecule has 0 bridgehead atoms. The van der Waals surface area contributed by atoms with Crippen LogP contribution in [0, 0.1) is 0 Å². The highest BCUT2D eigenvalue weighted by molar-refractivity contribution is 9.10. The number of rotatable bonds is 4. The molecule has 0 aliphatic rings. The van der Waals surface area contributed by atoms with Gasteiger partial charge in [0, 0.05) is 20.7 Å². The number of halogens is 1. The molecule has 0 aromatic heterocycles. The topological polar surface area (TPSA) is 46.2 Å². The Morgan fingerprint density at radius 2 is 1.94 bits per heavy atom. The normalized spacial score (nSPS) is 16.9. The second-order valence-corrected chi connectivity index (χ2v) is 6.32. The number of benzene rings is 1. The van der Waals surface area contributed by atoms with Gasteiger partial charge >= 0.3 is 0 Å². The SMILES string of the molecule is CC(O)C(C)Sc1ccc([C@@H](C)N)cc1Br. The summed E-state index contributed by atoms with van der Waals surface area (Å²) in [5.74, 6) is 0. The van der Waals surface area contributed by atoms with Gasteiger partial charge in [-0.25, -0.2) is 0 Å². The van der Waals surface area contributed by atoms with E-state index in [1.165, 1.54) is 0 Å². The number of hydrogen-bond donors (Lipinski definition) is 2. The summed E-state index contributed by atoms with van der Waals surface area (Å²) in [6.45, 7) is 5.79. The first kappa shape index (κ1) is 14.0. The van der Waals surface area contributed by atoms with E-state index < -0.39 is 0 Å². The minimum absolute atomic E-state index is 0.0459. The second kappa shape index (κ2) is 6.05. The van der Waals surface area contributed by atoms with Gasteiger partial charge in [-0.1, -0.05) is 13.0 Å². The van der Waals surface area contributed by atoms with Gasteiger partial charge in [0.25, 0.3) is 0 Å². The summed E-state index contributed by atoms with van der Waals surface area (Å²) in [6.07, 6.45) is -0.315. The van der Waals surface area contributed by atoms with Crippen molar-refractivity contribution in [2.24, 2.45) is 5.73 Å². The first-order valence-corrected chi connectivity index (χ1v) is 6.99. The van der Waals surface area contributed by atoms with E-state index in [0.29, 0.717) is 0 Å². The van der Waals surface area contributed by atoms with E-state index in [9.17, 15) is 5.11 Å². The second-order valence-electron chi connectivity index (χ2n) is 4.04. The van der Waals surface area contributed by atoms with Crippen molar-refractivity contribution in [2.75, 3.05) is 0 Å². The minimum Gasteiger partial charge on any atom is -0.392 e. The molecule has 0 heterocycles. The molecule has 1 aromatic rings. The van der Waals surface area contributed by atoms with Crippen LogP contribution in [0.1, 0.15) is 32.4 Å². The fraction of sp³-hybridized carbons (Fsp3) is 0.500. The molecule has 0 radical (unpaired) electrons. The summed E-state index contributed by atoms with van der Waals surface area (Å²) in [5.41, 5.74) is 6.93. The highest BCUT2D eigenvalue weighted by Gasteiger charge is 2.13. The molecular weight excluding hydrogens is 286 g/mol. The maximum Gasteiger partial charge on any atom is 0.0631 e. The van der Waals surface area contributed by atoms with E-state index in [1.54, 1.807) is 11.8 Å². The molecule has 1 rings (SSSR count). The summed E-state index contributed by atoms with van der Waals surface area (Å²) in [6, 6.07) is 6.17. The van der Waals surface area contributed by atoms with Gasteiger partial charge in [-0.2, -0.15) is 0 Å². The van der Waals surface area contributed by atoms with Crippen LogP contribution >= 0.6 is 27.7 Å². The van der Waals surface area contributed by atoms with Crippen molar-refractivity contribution in [3.63, 3.8) is 0 Å². The zero-order valence-corrected chi connectivity index (χ0v) is 12.2. The van der Waals surface area contributed by atoms with Crippen molar-refractivity contribution in [1.29, 1.82) is 0 Å². The Kier molecular flexibility index (Phi) is 5.31. The van der Waals surface area contributed by atoms with Gasteiger partial charge in [0.2, 0.25) is 0 Å². The maximum absolute atomic E-state index is 9.46. The Balaban J connectivity index is 2.83. The van der Waals surface area contributed by atoms with Crippen LogP contribution in [0.3, 0.4) is 0 Å². The average molecular weight is 304 g/mol. The Morgan fingerprint density at radius 3 is 2.38 bits per heavy atom. The van der Waals surface area contributed by atoms with Crippen molar-refractivity contribution in [2.45, 2.75) is 43.1 Å². The highest BCUT2D eigenvalue weighted by atomic mass is 79.9. The molecule has 0 aliphatic heterocycles. The van der Waals surface area contributed by atoms with Crippen LogP contribution in [0.5, 0.6) is 0 Å². The molecule has 0 saturated carbocycles. The molecule has 90 valence electrons. The molecule has 3 N–H and O–H groups in total. The Hall–Kier alpha value is -0.0300. The summed E-state index contributed by atoms with van der Waals surface area (Å²) in [7, 11) is 0. The lowest BCUT2D eigenvalue weighted by molar-refractivity contribution is 0.196. The Bertz CT molecular complexity index is 355. The lowest BCUT2D eigenvalue weighted by Crippen LogP contribution is -2.15. The molecule has 1 aromatic carbocycles. The maximum atomic E-state index is 9.46. The highest BCUT2D eigenvalue weighted by Crippen LogP contribution is 2.33. The lowest BCUT2D eigenvalue weighted by Gasteiger charge is -2.16. The number of thioether (sulfide) groups is 1. The molecule has 0 saturated heterocycles. The largest absolute Gasteiger partial charge is 0.392 e. The summed E-state index contributed by atoms with van der Waals surface area (Å²) in [5, 5.41) is 9.64. The van der Waals surface area contributed by atoms with Gasteiger partial charge < -0.3 is 10.8 Å². The first-order valence-electron chi connectivity index (χ1n) is 5.31. The third kappa shape index (κ3) is 3.77. The monoisotopic (exact) mass is 303 g/mol. The molecule has 4 heteroatoms. The minimum atomic E-state index is -0.315. The predicted molar refractivity (Wildman–Crippen MR) is 73.7 cm³/mol. The van der Waals surface area contributed by atoms with Crippen molar-refractivity contribution >= 4 is 27.7 Å². The van der Waals surface area contributed by atoms with Crippen LogP contribution in [0.15, 0.2) is 27.6 Å². The number of hydrogen-bond acceptors (Lipinski definition) is 3. The fourth-order valence-corrected chi connectivity index (χ4v) is 2.79. The molecule has 16 heavy (non-hydrogen) atoms. The van der Waals surface area contributed by atoms with Gasteiger partial charge in [-0.05, 0) is 47.5 Å². The van der Waals surface area contributed by atoms with Crippen LogP contribution in [-0.2, 0) is 0 Å². The average Bonchev–Trinajstić information content (AvgIpc) is 2.20. The third-order valence-corrected chi connectivity index (χ3v) is 4.77. The van der Waals surface area contributed by atoms with Gasteiger partial charge in [0.05, 0.1) is 6.10 Å². The van der Waals surface area contributed by atoms with E-state index in [-0.39, 0.29) is 17.4 Å². The summed E-state index contributed by atoms with van der Waals surface area (Å²) in [4.78, 5) is 1.14. The van der Waals surface area contributed by atoms with Crippen LogP contribution in [0.25, 0.3) is 0 Å². The molecular formula is C12H18BrNOS. The van der Waals surface area contributed by atoms with E-state index in [0.717, 1.165) is 14.9 Å². The van der Waals surface area contributed by atoms with E-state index in [2.05, 4.69) is 15.9 Å². The molecule has 0 fully saturated rings. The Morgan fingerprint density at radius 1 is 1.31 bits per heavy atom. The van der Waals surface area contributed by atoms with E-state index in [4.69, 9.17) is 5.73 Å². The molecule has 0 spiro atoms. The Labute approximate surface area is 110 Å². The van der Waals surface area contributed by atoms with Crippen LogP contribution in [0.2, 0.25) is 0 Å².